The standard InChI is InChI=1S/C16H22BrNO/c17-15-2-1-3-16(10-15)19-7-6-18-11-14-9-12-4-5-13(14)8-12/h1-3,10,12-14,18H,4-9,11H2. The van der Waals surface area contributed by atoms with Gasteiger partial charge in [0.05, 0.1) is 0 Å². The van der Waals surface area contributed by atoms with Gasteiger partial charge in [-0.2, -0.15) is 0 Å². The van der Waals surface area contributed by atoms with Crippen molar-refractivity contribution in [3.05, 3.63) is 28.7 Å². The highest BCUT2D eigenvalue weighted by atomic mass is 79.9. The molecule has 0 amide bonds. The molecule has 2 aliphatic carbocycles. The van der Waals surface area contributed by atoms with E-state index in [2.05, 4.69) is 21.2 Å². The molecule has 3 heteroatoms. The zero-order valence-electron chi connectivity index (χ0n) is 11.3. The van der Waals surface area contributed by atoms with Crippen molar-refractivity contribution in [2.75, 3.05) is 19.7 Å². The molecule has 104 valence electrons. The Morgan fingerprint density at radius 2 is 2.21 bits per heavy atom. The van der Waals surface area contributed by atoms with E-state index in [9.17, 15) is 0 Å². The van der Waals surface area contributed by atoms with Gasteiger partial charge in [0.25, 0.3) is 0 Å². The fourth-order valence-electron chi connectivity index (χ4n) is 3.71. The van der Waals surface area contributed by atoms with Gasteiger partial charge in [-0.05, 0) is 61.8 Å². The topological polar surface area (TPSA) is 21.3 Å². The molecule has 3 unspecified atom stereocenters. The second kappa shape index (κ2) is 6.27. The second-order valence-electron chi connectivity index (χ2n) is 5.94. The first kappa shape index (κ1) is 13.4. The second-order valence-corrected chi connectivity index (χ2v) is 6.86. The molecule has 3 atom stereocenters. The Morgan fingerprint density at radius 3 is 2.95 bits per heavy atom. The molecule has 0 saturated heterocycles. The largest absolute Gasteiger partial charge is 0.492 e. The normalized spacial score (nSPS) is 28.8. The summed E-state index contributed by atoms with van der Waals surface area (Å²) in [5, 5.41) is 3.56. The molecule has 2 fully saturated rings. The molecular formula is C16H22BrNO. The minimum atomic E-state index is 0.747. The van der Waals surface area contributed by atoms with Gasteiger partial charge >= 0.3 is 0 Å². The zero-order chi connectivity index (χ0) is 13.1. The minimum absolute atomic E-state index is 0.747. The lowest BCUT2D eigenvalue weighted by molar-refractivity contribution is 0.286. The molecule has 2 bridgehead atoms. The Hall–Kier alpha value is -0.540. The van der Waals surface area contributed by atoms with E-state index in [-0.39, 0.29) is 0 Å². The third-order valence-electron chi connectivity index (χ3n) is 4.63. The molecule has 2 aliphatic rings. The van der Waals surface area contributed by atoms with Crippen LogP contribution in [0.3, 0.4) is 0 Å². The first-order valence-electron chi connectivity index (χ1n) is 7.40. The molecule has 0 heterocycles. The van der Waals surface area contributed by atoms with Crippen molar-refractivity contribution in [2.45, 2.75) is 25.7 Å². The maximum atomic E-state index is 5.72. The molecule has 1 aromatic carbocycles. The SMILES string of the molecule is Brc1cccc(OCCNCC2CC3CCC2C3)c1. The molecular weight excluding hydrogens is 302 g/mol. The van der Waals surface area contributed by atoms with Gasteiger partial charge < -0.3 is 10.1 Å². The molecule has 0 aliphatic heterocycles. The predicted molar refractivity (Wildman–Crippen MR) is 81.4 cm³/mol. The van der Waals surface area contributed by atoms with Gasteiger partial charge in [0.15, 0.2) is 0 Å². The highest BCUT2D eigenvalue weighted by Crippen LogP contribution is 2.47. The van der Waals surface area contributed by atoms with Crippen LogP contribution in [0.2, 0.25) is 0 Å². The van der Waals surface area contributed by atoms with Crippen LogP contribution in [-0.2, 0) is 0 Å². The van der Waals surface area contributed by atoms with Crippen LogP contribution >= 0.6 is 15.9 Å². The summed E-state index contributed by atoms with van der Waals surface area (Å²) in [4.78, 5) is 0. The lowest BCUT2D eigenvalue weighted by Gasteiger charge is -2.21. The molecule has 2 nitrogen and oxygen atoms in total. The van der Waals surface area contributed by atoms with E-state index in [1.54, 1.807) is 0 Å². The summed E-state index contributed by atoms with van der Waals surface area (Å²) >= 11 is 3.45. The molecule has 3 rings (SSSR count). The van der Waals surface area contributed by atoms with Gasteiger partial charge in [0, 0.05) is 11.0 Å². The van der Waals surface area contributed by atoms with Crippen LogP contribution in [0.25, 0.3) is 0 Å². The highest BCUT2D eigenvalue weighted by molar-refractivity contribution is 9.10. The number of nitrogens with one attached hydrogen (secondary N) is 1. The molecule has 0 spiro atoms. The molecule has 1 N–H and O–H groups in total. The number of hydrogen-bond acceptors (Lipinski definition) is 2. The lowest BCUT2D eigenvalue weighted by atomic mass is 9.89. The van der Waals surface area contributed by atoms with Gasteiger partial charge in [-0.1, -0.05) is 28.4 Å². The van der Waals surface area contributed by atoms with Crippen molar-refractivity contribution >= 4 is 15.9 Å². The number of fused-ring (bicyclic) bond motifs is 2. The van der Waals surface area contributed by atoms with E-state index >= 15 is 0 Å². The summed E-state index contributed by atoms with van der Waals surface area (Å²) < 4.78 is 6.79. The van der Waals surface area contributed by atoms with Crippen LogP contribution < -0.4 is 10.1 Å². The van der Waals surface area contributed by atoms with Crippen LogP contribution in [0.4, 0.5) is 0 Å². The predicted octanol–water partition coefficient (Wildman–Crippen LogP) is 3.85. The smallest absolute Gasteiger partial charge is 0.120 e. The van der Waals surface area contributed by atoms with Crippen LogP contribution in [0, 0.1) is 17.8 Å². The zero-order valence-corrected chi connectivity index (χ0v) is 12.9. The van der Waals surface area contributed by atoms with Crippen molar-refractivity contribution in [1.82, 2.24) is 5.32 Å². The number of benzene rings is 1. The first-order valence-corrected chi connectivity index (χ1v) is 8.19. The van der Waals surface area contributed by atoms with E-state index < -0.39 is 0 Å². The minimum Gasteiger partial charge on any atom is -0.492 e. The summed E-state index contributed by atoms with van der Waals surface area (Å²) in [7, 11) is 0. The highest BCUT2D eigenvalue weighted by Gasteiger charge is 2.38. The summed E-state index contributed by atoms with van der Waals surface area (Å²) in [5.74, 6) is 3.94. The van der Waals surface area contributed by atoms with Gasteiger partial charge in [-0.15, -0.1) is 0 Å². The van der Waals surface area contributed by atoms with Crippen molar-refractivity contribution < 1.29 is 4.74 Å². The Morgan fingerprint density at radius 1 is 1.26 bits per heavy atom. The number of rotatable bonds is 6. The van der Waals surface area contributed by atoms with Crippen LogP contribution in [0.15, 0.2) is 28.7 Å². The number of ether oxygens (including phenoxy) is 1. The van der Waals surface area contributed by atoms with Gasteiger partial charge in [-0.25, -0.2) is 0 Å². The van der Waals surface area contributed by atoms with Crippen molar-refractivity contribution in [3.63, 3.8) is 0 Å². The Kier molecular flexibility index (Phi) is 4.44. The van der Waals surface area contributed by atoms with E-state index in [1.165, 1.54) is 32.2 Å². The molecule has 2 saturated carbocycles. The third-order valence-corrected chi connectivity index (χ3v) is 5.13. The Balaban J connectivity index is 1.31. The van der Waals surface area contributed by atoms with Crippen LogP contribution in [0.1, 0.15) is 25.7 Å². The third kappa shape index (κ3) is 3.51. The fourth-order valence-corrected chi connectivity index (χ4v) is 4.09. The molecule has 0 radical (unpaired) electrons. The number of halogens is 1. The lowest BCUT2D eigenvalue weighted by Crippen LogP contribution is -2.29. The summed E-state index contributed by atoms with van der Waals surface area (Å²) in [6.45, 7) is 2.88. The fraction of sp³-hybridized carbons (Fsp3) is 0.625. The summed E-state index contributed by atoms with van der Waals surface area (Å²) in [6, 6.07) is 8.03. The maximum Gasteiger partial charge on any atom is 0.120 e. The van der Waals surface area contributed by atoms with E-state index in [0.29, 0.717) is 0 Å². The quantitative estimate of drug-likeness (QED) is 0.803. The summed E-state index contributed by atoms with van der Waals surface area (Å²) in [5.41, 5.74) is 0. The molecule has 19 heavy (non-hydrogen) atoms. The van der Waals surface area contributed by atoms with E-state index in [0.717, 1.165) is 41.1 Å². The van der Waals surface area contributed by atoms with Crippen LogP contribution in [-0.4, -0.2) is 19.7 Å². The van der Waals surface area contributed by atoms with E-state index in [1.807, 2.05) is 24.3 Å². The summed E-state index contributed by atoms with van der Waals surface area (Å²) in [6.07, 6.45) is 5.93. The van der Waals surface area contributed by atoms with Crippen molar-refractivity contribution in [2.24, 2.45) is 17.8 Å². The van der Waals surface area contributed by atoms with Gasteiger partial charge in [0.1, 0.15) is 12.4 Å². The van der Waals surface area contributed by atoms with Gasteiger partial charge in [-0.3, -0.25) is 0 Å². The van der Waals surface area contributed by atoms with Crippen molar-refractivity contribution in [1.29, 1.82) is 0 Å². The van der Waals surface area contributed by atoms with Crippen LogP contribution in [0.5, 0.6) is 5.75 Å². The van der Waals surface area contributed by atoms with Crippen molar-refractivity contribution in [3.8, 4) is 5.75 Å². The average Bonchev–Trinajstić information content (AvgIpc) is 3.01. The first-order chi connectivity index (χ1) is 9.31. The Bertz CT molecular complexity index is 423. The van der Waals surface area contributed by atoms with E-state index in [4.69, 9.17) is 4.74 Å². The molecule has 0 aromatic heterocycles. The maximum absolute atomic E-state index is 5.72. The van der Waals surface area contributed by atoms with Gasteiger partial charge in [0.2, 0.25) is 0 Å². The average molecular weight is 324 g/mol. The Labute approximate surface area is 124 Å². The monoisotopic (exact) mass is 323 g/mol. The molecule has 1 aromatic rings. The number of hydrogen-bond donors (Lipinski definition) is 1.